The predicted octanol–water partition coefficient (Wildman–Crippen LogP) is 4.88. The van der Waals surface area contributed by atoms with Crippen molar-refractivity contribution in [3.05, 3.63) is 57.0 Å². The first-order valence-electron chi connectivity index (χ1n) is 9.01. The zero-order valence-corrected chi connectivity index (χ0v) is 17.3. The lowest BCUT2D eigenvalue weighted by Gasteiger charge is -2.18. The minimum Gasteiger partial charge on any atom is -0.324 e. The van der Waals surface area contributed by atoms with Gasteiger partial charge in [-0.25, -0.2) is 4.98 Å². The largest absolute Gasteiger partial charge is 0.324 e. The molecule has 2 heterocycles. The Morgan fingerprint density at radius 2 is 2.00 bits per heavy atom. The summed E-state index contributed by atoms with van der Waals surface area (Å²) in [6, 6.07) is 9.62. The van der Waals surface area contributed by atoms with Crippen molar-refractivity contribution in [2.45, 2.75) is 46.1 Å². The summed E-state index contributed by atoms with van der Waals surface area (Å²) < 4.78 is 1.57. The monoisotopic (exact) mass is 395 g/mol. The molecule has 0 bridgehead atoms. The number of aryl methyl sites for hydroxylation is 1. The fourth-order valence-electron chi connectivity index (χ4n) is 3.00. The number of hydrogen-bond donors (Lipinski definition) is 1. The summed E-state index contributed by atoms with van der Waals surface area (Å²) >= 11 is 6.06. The first-order valence-corrected chi connectivity index (χ1v) is 9.39. The van der Waals surface area contributed by atoms with Crippen LogP contribution in [-0.4, -0.2) is 14.5 Å². The number of fused-ring (bicyclic) bond motifs is 1. The Labute approximate surface area is 168 Å². The van der Waals surface area contributed by atoms with Crippen molar-refractivity contribution in [3.8, 4) is 6.07 Å². The Morgan fingerprint density at radius 3 is 2.61 bits per heavy atom. The Balaban J connectivity index is 2.04. The lowest BCUT2D eigenvalue weighted by atomic mass is 9.85. The molecule has 0 spiro atoms. The Bertz CT molecular complexity index is 1160. The zero-order chi connectivity index (χ0) is 20.6. The fraction of sp³-hybridized carbons (Fsp3) is 0.333. The van der Waals surface area contributed by atoms with Crippen LogP contribution in [0.4, 0.5) is 11.6 Å². The second kappa shape index (κ2) is 7.25. The molecular formula is C21H22ClN5O. The number of hydrogen-bond acceptors (Lipinski definition) is 5. The second-order valence-electron chi connectivity index (χ2n) is 7.63. The molecular weight excluding hydrogens is 374 g/mol. The second-order valence-corrected chi connectivity index (χ2v) is 8.03. The third kappa shape index (κ3) is 3.58. The van der Waals surface area contributed by atoms with E-state index in [0.717, 1.165) is 16.8 Å². The van der Waals surface area contributed by atoms with Crippen LogP contribution in [0.15, 0.2) is 35.3 Å². The standard InChI is InChI=1S/C21H22ClN5O/c1-12(2)27-18-14(9-16(22)19(27)28)10-24-20(26-18)25-17-7-6-15(8-13(17)3)21(4,5)11-23/h6-10,12H,1-5H3,(H,24,25,26). The summed E-state index contributed by atoms with van der Waals surface area (Å²) in [7, 11) is 0. The van der Waals surface area contributed by atoms with E-state index in [1.807, 2.05) is 52.8 Å². The molecule has 3 aromatic rings. The molecule has 28 heavy (non-hydrogen) atoms. The maximum atomic E-state index is 12.4. The van der Waals surface area contributed by atoms with Gasteiger partial charge in [0.2, 0.25) is 5.95 Å². The molecule has 0 radical (unpaired) electrons. The van der Waals surface area contributed by atoms with Crippen LogP contribution in [0.5, 0.6) is 0 Å². The van der Waals surface area contributed by atoms with E-state index in [1.165, 1.54) is 0 Å². The molecule has 1 aromatic carbocycles. The molecule has 1 N–H and O–H groups in total. The van der Waals surface area contributed by atoms with E-state index in [1.54, 1.807) is 16.8 Å². The van der Waals surface area contributed by atoms with Crippen LogP contribution in [0.2, 0.25) is 5.02 Å². The zero-order valence-electron chi connectivity index (χ0n) is 16.5. The third-order valence-corrected chi connectivity index (χ3v) is 4.99. The van der Waals surface area contributed by atoms with Crippen molar-refractivity contribution in [2.75, 3.05) is 5.32 Å². The molecule has 0 saturated carbocycles. The van der Waals surface area contributed by atoms with Crippen molar-refractivity contribution in [3.63, 3.8) is 0 Å². The number of nitrogens with zero attached hydrogens (tertiary/aromatic N) is 4. The van der Waals surface area contributed by atoms with E-state index >= 15 is 0 Å². The lowest BCUT2D eigenvalue weighted by Crippen LogP contribution is -2.23. The molecule has 7 heteroatoms. The van der Waals surface area contributed by atoms with Gasteiger partial charge in [-0.3, -0.25) is 9.36 Å². The van der Waals surface area contributed by atoms with Gasteiger partial charge in [0.15, 0.2) is 0 Å². The maximum Gasteiger partial charge on any atom is 0.271 e. The highest BCUT2D eigenvalue weighted by molar-refractivity contribution is 6.31. The molecule has 0 unspecified atom stereocenters. The van der Waals surface area contributed by atoms with Crippen molar-refractivity contribution in [2.24, 2.45) is 0 Å². The Morgan fingerprint density at radius 1 is 1.29 bits per heavy atom. The molecule has 6 nitrogen and oxygen atoms in total. The van der Waals surface area contributed by atoms with Crippen molar-refractivity contribution < 1.29 is 0 Å². The van der Waals surface area contributed by atoms with Gasteiger partial charge in [-0.15, -0.1) is 0 Å². The summed E-state index contributed by atoms with van der Waals surface area (Å²) in [4.78, 5) is 21.3. The topological polar surface area (TPSA) is 83.6 Å². The van der Waals surface area contributed by atoms with Crippen molar-refractivity contribution >= 4 is 34.3 Å². The lowest BCUT2D eigenvalue weighted by molar-refractivity contribution is 0.595. The summed E-state index contributed by atoms with van der Waals surface area (Å²) in [6.45, 7) is 9.55. The van der Waals surface area contributed by atoms with Crippen LogP contribution in [0.25, 0.3) is 11.0 Å². The average molecular weight is 396 g/mol. The highest BCUT2D eigenvalue weighted by Gasteiger charge is 2.20. The number of pyridine rings is 1. The Hall–Kier alpha value is -2.91. The van der Waals surface area contributed by atoms with E-state index in [0.29, 0.717) is 17.0 Å². The fourth-order valence-corrected chi connectivity index (χ4v) is 3.21. The average Bonchev–Trinajstić information content (AvgIpc) is 2.64. The van der Waals surface area contributed by atoms with Gasteiger partial charge in [0.05, 0.1) is 11.5 Å². The molecule has 0 fully saturated rings. The number of rotatable bonds is 4. The molecule has 144 valence electrons. The van der Waals surface area contributed by atoms with Gasteiger partial charge in [0, 0.05) is 23.3 Å². The number of nitrogens with one attached hydrogen (secondary N) is 1. The number of nitriles is 1. The minimum atomic E-state index is -0.560. The van der Waals surface area contributed by atoms with Gasteiger partial charge in [0.1, 0.15) is 10.7 Å². The van der Waals surface area contributed by atoms with Gasteiger partial charge in [-0.05, 0) is 57.9 Å². The van der Waals surface area contributed by atoms with Crippen LogP contribution >= 0.6 is 11.6 Å². The summed E-state index contributed by atoms with van der Waals surface area (Å²) in [5, 5.41) is 13.4. The number of anilines is 2. The number of aromatic nitrogens is 3. The van der Waals surface area contributed by atoms with E-state index in [9.17, 15) is 10.1 Å². The molecule has 0 aliphatic heterocycles. The molecule has 0 saturated heterocycles. The van der Waals surface area contributed by atoms with Crippen molar-refractivity contribution in [1.29, 1.82) is 5.26 Å². The van der Waals surface area contributed by atoms with Crippen LogP contribution in [0.1, 0.15) is 44.9 Å². The molecule has 0 aliphatic rings. The van der Waals surface area contributed by atoms with Crippen LogP contribution in [0.3, 0.4) is 0 Å². The number of benzene rings is 1. The number of halogens is 1. The van der Waals surface area contributed by atoms with Crippen LogP contribution in [-0.2, 0) is 5.41 Å². The van der Waals surface area contributed by atoms with E-state index < -0.39 is 5.41 Å². The quantitative estimate of drug-likeness (QED) is 0.680. The first-order chi connectivity index (χ1) is 13.1. The minimum absolute atomic E-state index is 0.0920. The Kier molecular flexibility index (Phi) is 5.14. The third-order valence-electron chi connectivity index (χ3n) is 4.72. The molecule has 3 rings (SSSR count). The van der Waals surface area contributed by atoms with Crippen LogP contribution < -0.4 is 10.9 Å². The van der Waals surface area contributed by atoms with Gasteiger partial charge in [-0.2, -0.15) is 10.2 Å². The van der Waals surface area contributed by atoms with E-state index in [4.69, 9.17) is 11.6 Å². The summed E-state index contributed by atoms with van der Waals surface area (Å²) in [6.07, 6.45) is 1.65. The molecule has 0 aliphatic carbocycles. The summed E-state index contributed by atoms with van der Waals surface area (Å²) in [5.74, 6) is 0.388. The SMILES string of the molecule is Cc1cc(C(C)(C)C#N)ccc1Nc1ncc2cc(Cl)c(=O)n(C(C)C)c2n1. The van der Waals surface area contributed by atoms with E-state index in [-0.39, 0.29) is 16.6 Å². The first kappa shape index (κ1) is 19.8. The molecule has 0 amide bonds. The van der Waals surface area contributed by atoms with Crippen LogP contribution in [0, 0.1) is 18.3 Å². The van der Waals surface area contributed by atoms with Gasteiger partial charge in [0.25, 0.3) is 5.56 Å². The highest BCUT2D eigenvalue weighted by atomic mass is 35.5. The van der Waals surface area contributed by atoms with Gasteiger partial charge in [-0.1, -0.05) is 23.7 Å². The van der Waals surface area contributed by atoms with E-state index in [2.05, 4.69) is 21.4 Å². The van der Waals surface area contributed by atoms with Gasteiger partial charge < -0.3 is 5.32 Å². The van der Waals surface area contributed by atoms with Gasteiger partial charge >= 0.3 is 0 Å². The smallest absolute Gasteiger partial charge is 0.271 e. The maximum absolute atomic E-state index is 12.4. The molecule has 2 aromatic heterocycles. The normalized spacial score (nSPS) is 11.6. The predicted molar refractivity (Wildman–Crippen MR) is 112 cm³/mol. The summed E-state index contributed by atoms with van der Waals surface area (Å²) in [5.41, 5.74) is 2.46. The highest BCUT2D eigenvalue weighted by Crippen LogP contribution is 2.28. The van der Waals surface area contributed by atoms with Crippen molar-refractivity contribution in [1.82, 2.24) is 14.5 Å². The molecule has 0 atom stereocenters.